The molecule has 0 atom stereocenters. The van der Waals surface area contributed by atoms with Gasteiger partial charge in [0.05, 0.1) is 22.1 Å². The van der Waals surface area contributed by atoms with E-state index in [4.69, 9.17) is 0 Å². The molecule has 0 bridgehead atoms. The number of benzene rings is 16. The van der Waals surface area contributed by atoms with Crippen LogP contribution in [0.2, 0.25) is 0 Å². The van der Waals surface area contributed by atoms with E-state index in [1.807, 2.05) is 0 Å². The van der Waals surface area contributed by atoms with Gasteiger partial charge in [-0.1, -0.05) is 264 Å². The number of rotatable bonds is 13. The van der Waals surface area contributed by atoms with Crippen LogP contribution in [-0.2, 0) is 10.8 Å². The average Bonchev–Trinajstić information content (AvgIpc) is 1.58. The van der Waals surface area contributed by atoms with Crippen LogP contribution in [0.25, 0.3) is 133 Å². The molecule has 18 aromatic rings. The maximum Gasteiger partial charge on any atom is 0.0547 e. The van der Waals surface area contributed by atoms with Crippen molar-refractivity contribution in [3.8, 4) is 89.3 Å². The van der Waals surface area contributed by atoms with E-state index in [-0.39, 0.29) is 10.8 Å². The summed E-state index contributed by atoms with van der Waals surface area (Å²) in [5.74, 6) is 0. The summed E-state index contributed by atoms with van der Waals surface area (Å²) in [4.78, 5) is 4.84. The van der Waals surface area contributed by atoms with Crippen molar-refractivity contribution in [3.63, 3.8) is 0 Å². The van der Waals surface area contributed by atoms with Gasteiger partial charge in [-0.3, -0.25) is 0 Å². The third-order valence-electron chi connectivity index (χ3n) is 22.9. The topological polar surface area (TPSA) is 16.3 Å². The molecular weight excluding hydrogens is 1280 g/mol. The molecule has 0 unspecified atom stereocenters. The molecule has 2 aromatic heterocycles. The Labute approximate surface area is 618 Å². The number of nitrogens with zero attached hydrogens (tertiary/aromatic N) is 4. The molecule has 20 rings (SSSR count). The van der Waals surface area contributed by atoms with Crippen LogP contribution in [0.4, 0.5) is 34.1 Å². The normalized spacial score (nSPS) is 13.1. The predicted molar refractivity (Wildman–Crippen MR) is 447 cm³/mol. The highest BCUT2D eigenvalue weighted by Gasteiger charge is 2.38. The van der Waals surface area contributed by atoms with Crippen molar-refractivity contribution in [3.05, 3.63) is 398 Å². The van der Waals surface area contributed by atoms with Crippen molar-refractivity contribution >= 4 is 77.7 Å². The molecule has 16 aromatic carbocycles. The standard InChI is InChI=1S/C102H74N4/c1-101(2)93-34-19-17-32-85(93)87-56-52-83(65-95(87)101)103(77-27-13-7-14-28-77)79-46-38-70(39-47-79)74-45-59-99-92(62-74)90-55-43-76(64-100(90)106(99)81-50-36-69(37-51-81)67-22-9-5-10-23-67)75-42-54-86-88-57-53-84(66-96(88)102(3,4)94(86)63-75)104(82-31-21-26-72(60-82)68-24-11-6-12-25-68)80-48-40-71(41-49-80)73-44-58-98-91(61-73)89-33-18-20-35-97(89)105(98)78-29-15-8-16-30-78/h5-66H,1-4H3. The lowest BCUT2D eigenvalue weighted by atomic mass is 9.81. The summed E-state index contributed by atoms with van der Waals surface area (Å²) in [5.41, 5.74) is 35.6. The number of hydrogen-bond donors (Lipinski definition) is 0. The molecule has 4 nitrogen and oxygen atoms in total. The van der Waals surface area contributed by atoms with Gasteiger partial charge >= 0.3 is 0 Å². The van der Waals surface area contributed by atoms with Crippen LogP contribution in [0.1, 0.15) is 49.9 Å². The van der Waals surface area contributed by atoms with Crippen LogP contribution in [0, 0.1) is 0 Å². The molecule has 0 amide bonds. The molecule has 0 spiro atoms. The van der Waals surface area contributed by atoms with E-state index in [0.29, 0.717) is 0 Å². The molecule has 2 aliphatic carbocycles. The molecule has 4 heteroatoms. The van der Waals surface area contributed by atoms with Crippen LogP contribution in [0.15, 0.2) is 376 Å². The third kappa shape index (κ3) is 10.3. The minimum Gasteiger partial charge on any atom is -0.310 e. The van der Waals surface area contributed by atoms with Crippen LogP contribution in [0.5, 0.6) is 0 Å². The second-order valence-corrected chi connectivity index (χ2v) is 29.7. The predicted octanol–water partition coefficient (Wildman–Crippen LogP) is 27.8. The Hall–Kier alpha value is -13.3. The molecule has 2 heterocycles. The molecule has 2 aliphatic rings. The first-order valence-corrected chi connectivity index (χ1v) is 36.9. The van der Waals surface area contributed by atoms with Crippen molar-refractivity contribution in [2.75, 3.05) is 9.80 Å². The summed E-state index contributed by atoms with van der Waals surface area (Å²) < 4.78 is 4.85. The second kappa shape index (κ2) is 24.7. The van der Waals surface area contributed by atoms with Gasteiger partial charge in [-0.15, -0.1) is 0 Å². The van der Waals surface area contributed by atoms with Gasteiger partial charge in [0.2, 0.25) is 0 Å². The summed E-state index contributed by atoms with van der Waals surface area (Å²) in [6, 6.07) is 139. The second-order valence-electron chi connectivity index (χ2n) is 29.7. The first-order chi connectivity index (χ1) is 52.1. The van der Waals surface area contributed by atoms with Crippen LogP contribution in [0.3, 0.4) is 0 Å². The lowest BCUT2D eigenvalue weighted by molar-refractivity contribution is 0.660. The Kier molecular flexibility index (Phi) is 14.6. The number of aromatic nitrogens is 2. The van der Waals surface area contributed by atoms with Gasteiger partial charge in [0.1, 0.15) is 0 Å². The molecular formula is C102H74N4. The van der Waals surface area contributed by atoms with E-state index < -0.39 is 0 Å². The zero-order chi connectivity index (χ0) is 70.8. The van der Waals surface area contributed by atoms with Gasteiger partial charge in [-0.25, -0.2) is 0 Å². The maximum absolute atomic E-state index is 2.47. The van der Waals surface area contributed by atoms with E-state index in [0.717, 1.165) is 62.1 Å². The van der Waals surface area contributed by atoms with Crippen molar-refractivity contribution in [2.45, 2.75) is 38.5 Å². The number of fused-ring (bicyclic) bond motifs is 12. The highest BCUT2D eigenvalue weighted by Crippen LogP contribution is 2.54. The minimum absolute atomic E-state index is 0.116. The first-order valence-electron chi connectivity index (χ1n) is 36.9. The maximum atomic E-state index is 2.47. The summed E-state index contributed by atoms with van der Waals surface area (Å²) in [5, 5.41) is 4.90. The van der Waals surface area contributed by atoms with E-state index >= 15 is 0 Å². The Morgan fingerprint density at radius 1 is 0.189 bits per heavy atom. The number of anilines is 6. The highest BCUT2D eigenvalue weighted by molar-refractivity contribution is 6.12. The fourth-order valence-electron chi connectivity index (χ4n) is 17.5. The zero-order valence-corrected chi connectivity index (χ0v) is 59.6. The van der Waals surface area contributed by atoms with E-state index in [1.54, 1.807) is 0 Å². The quantitative estimate of drug-likeness (QED) is 0.114. The number of para-hydroxylation sites is 3. The van der Waals surface area contributed by atoms with E-state index in [9.17, 15) is 0 Å². The molecule has 0 saturated heterocycles. The lowest BCUT2D eigenvalue weighted by Gasteiger charge is -2.28. The SMILES string of the molecule is CC1(C)c2ccccc2-c2ccc(N(c3ccccc3)c3ccc(-c4ccc5c(c4)c4ccc(-c6ccc7c(c6)C(C)(C)c6cc(N(c8ccc(-c9ccc%10c(c9)c9ccccc9n%10-c9ccccc9)cc8)c8cccc(-c9ccccc9)c8)ccc6-7)cc4n5-c4ccc(-c5ccccc5)cc4)cc3)cc21. The molecule has 0 aliphatic heterocycles. The fourth-order valence-corrected chi connectivity index (χ4v) is 17.5. The van der Waals surface area contributed by atoms with Gasteiger partial charge in [-0.05, 0) is 240 Å². The Morgan fingerprint density at radius 2 is 0.528 bits per heavy atom. The summed E-state index contributed by atoms with van der Waals surface area (Å²) in [6.07, 6.45) is 0. The first kappa shape index (κ1) is 62.5. The summed E-state index contributed by atoms with van der Waals surface area (Å²) >= 11 is 0. The van der Waals surface area contributed by atoms with Gasteiger partial charge < -0.3 is 18.9 Å². The fraction of sp³-hybridized carbons (Fsp3) is 0.0588. The van der Waals surface area contributed by atoms with Crippen molar-refractivity contribution < 1.29 is 0 Å². The molecule has 0 N–H and O–H groups in total. The van der Waals surface area contributed by atoms with Crippen molar-refractivity contribution in [1.29, 1.82) is 0 Å². The van der Waals surface area contributed by atoms with Gasteiger partial charge in [0.15, 0.2) is 0 Å². The zero-order valence-electron chi connectivity index (χ0n) is 59.6. The average molecular weight is 1360 g/mol. The molecule has 502 valence electrons. The highest BCUT2D eigenvalue weighted by atomic mass is 15.1. The van der Waals surface area contributed by atoms with Crippen molar-refractivity contribution in [2.24, 2.45) is 0 Å². The van der Waals surface area contributed by atoms with Gasteiger partial charge in [0, 0.05) is 77.9 Å². The van der Waals surface area contributed by atoms with E-state index in [1.165, 1.54) is 127 Å². The molecule has 106 heavy (non-hydrogen) atoms. The van der Waals surface area contributed by atoms with Gasteiger partial charge in [0.25, 0.3) is 0 Å². The lowest BCUT2D eigenvalue weighted by Crippen LogP contribution is -2.16. The van der Waals surface area contributed by atoms with Gasteiger partial charge in [-0.2, -0.15) is 0 Å². The van der Waals surface area contributed by atoms with Crippen LogP contribution >= 0.6 is 0 Å². The summed E-state index contributed by atoms with van der Waals surface area (Å²) in [6.45, 7) is 9.53. The number of hydrogen-bond acceptors (Lipinski definition) is 2. The monoisotopic (exact) mass is 1350 g/mol. The summed E-state index contributed by atoms with van der Waals surface area (Å²) in [7, 11) is 0. The Bertz CT molecular complexity index is 6460. The largest absolute Gasteiger partial charge is 0.310 e. The minimum atomic E-state index is -0.319. The third-order valence-corrected chi connectivity index (χ3v) is 22.9. The Morgan fingerprint density at radius 3 is 1.15 bits per heavy atom. The Balaban J connectivity index is 0.650. The molecule has 0 fully saturated rings. The van der Waals surface area contributed by atoms with Crippen molar-refractivity contribution in [1.82, 2.24) is 9.13 Å². The molecule has 0 radical (unpaired) electrons. The van der Waals surface area contributed by atoms with Crippen LogP contribution in [-0.4, -0.2) is 9.13 Å². The van der Waals surface area contributed by atoms with Crippen LogP contribution < -0.4 is 9.80 Å². The molecule has 0 saturated carbocycles. The van der Waals surface area contributed by atoms with E-state index in [2.05, 4.69) is 423 Å². The smallest absolute Gasteiger partial charge is 0.0547 e.